The van der Waals surface area contributed by atoms with E-state index in [1.165, 1.54) is 11.3 Å². The summed E-state index contributed by atoms with van der Waals surface area (Å²) < 4.78 is 0. The van der Waals surface area contributed by atoms with Gasteiger partial charge in [0.25, 0.3) is 5.91 Å². The van der Waals surface area contributed by atoms with Crippen LogP contribution in [0.2, 0.25) is 0 Å². The molecule has 0 saturated carbocycles. The lowest BCUT2D eigenvalue weighted by Gasteiger charge is -2.37. The van der Waals surface area contributed by atoms with Crippen LogP contribution in [0.15, 0.2) is 47.8 Å². The molecule has 0 radical (unpaired) electrons. The van der Waals surface area contributed by atoms with Gasteiger partial charge < -0.3 is 15.1 Å². The molecular weight excluding hydrogens is 422 g/mol. The number of carbonyl (C=O) groups excluding carboxylic acids is 3. The maximum absolute atomic E-state index is 13.2. The minimum absolute atomic E-state index is 0.0187. The Morgan fingerprint density at radius 2 is 1.75 bits per heavy atom. The Hall–Kier alpha value is -2.67. The van der Waals surface area contributed by atoms with Gasteiger partial charge in [-0.2, -0.15) is 0 Å². The van der Waals surface area contributed by atoms with E-state index in [0.29, 0.717) is 50.3 Å². The summed E-state index contributed by atoms with van der Waals surface area (Å²) in [5.41, 5.74) is 1.16. The summed E-state index contributed by atoms with van der Waals surface area (Å²) in [6.07, 6.45) is 2.64. The van der Waals surface area contributed by atoms with Crippen LogP contribution in [0.5, 0.6) is 0 Å². The zero-order valence-corrected chi connectivity index (χ0v) is 19.8. The number of thiophene rings is 1. The van der Waals surface area contributed by atoms with Crippen LogP contribution in [0.1, 0.15) is 48.3 Å². The molecule has 1 fully saturated rings. The predicted octanol–water partition coefficient (Wildman–Crippen LogP) is 3.59. The highest BCUT2D eigenvalue weighted by atomic mass is 32.1. The standard InChI is InChI=1S/C25H33N3O3S/c1-3-27(4-2)25(31)23(26-24(30)21-11-8-18-32-21)20-14-16-28(17-15-20)22(29)13-12-19-9-6-5-7-10-19/h5-11,18,20,23H,3-4,12-17H2,1-2H3,(H,26,30)/t23-/m0/s1. The van der Waals surface area contributed by atoms with Gasteiger partial charge >= 0.3 is 0 Å². The topological polar surface area (TPSA) is 69.7 Å². The van der Waals surface area contributed by atoms with Crippen molar-refractivity contribution in [3.8, 4) is 0 Å². The molecule has 2 heterocycles. The molecule has 1 aliphatic rings. The average molecular weight is 456 g/mol. The molecule has 0 spiro atoms. The van der Waals surface area contributed by atoms with Crippen molar-refractivity contribution in [3.05, 3.63) is 58.3 Å². The number of carbonyl (C=O) groups is 3. The summed E-state index contributed by atoms with van der Waals surface area (Å²) in [6, 6.07) is 13.1. The number of piperidine rings is 1. The Morgan fingerprint density at radius 1 is 1.06 bits per heavy atom. The minimum Gasteiger partial charge on any atom is -0.343 e. The first-order chi connectivity index (χ1) is 15.5. The van der Waals surface area contributed by atoms with Crippen LogP contribution >= 0.6 is 11.3 Å². The van der Waals surface area contributed by atoms with Gasteiger partial charge in [-0.3, -0.25) is 14.4 Å². The maximum atomic E-state index is 13.2. The van der Waals surface area contributed by atoms with Crippen LogP contribution in [0.25, 0.3) is 0 Å². The highest BCUT2D eigenvalue weighted by Gasteiger charge is 2.35. The number of amides is 3. The Balaban J connectivity index is 1.60. The number of hydrogen-bond acceptors (Lipinski definition) is 4. The molecule has 3 rings (SSSR count). The van der Waals surface area contributed by atoms with Crippen LogP contribution in [0, 0.1) is 5.92 Å². The van der Waals surface area contributed by atoms with E-state index in [-0.39, 0.29) is 23.6 Å². The molecule has 0 aliphatic carbocycles. The lowest BCUT2D eigenvalue weighted by atomic mass is 9.88. The molecule has 1 aromatic heterocycles. The summed E-state index contributed by atoms with van der Waals surface area (Å²) in [4.78, 5) is 42.9. The van der Waals surface area contributed by atoms with Crippen LogP contribution in [0.3, 0.4) is 0 Å². The number of aryl methyl sites for hydroxylation is 1. The van der Waals surface area contributed by atoms with Gasteiger partial charge in [0.15, 0.2) is 0 Å². The second kappa shape index (κ2) is 11.8. The fourth-order valence-corrected chi connectivity index (χ4v) is 4.90. The third-order valence-electron chi connectivity index (χ3n) is 6.21. The largest absolute Gasteiger partial charge is 0.343 e. The van der Waals surface area contributed by atoms with E-state index in [1.54, 1.807) is 11.0 Å². The summed E-state index contributed by atoms with van der Waals surface area (Å²) >= 11 is 1.37. The second-order valence-corrected chi connectivity index (χ2v) is 9.09. The van der Waals surface area contributed by atoms with Gasteiger partial charge in [0, 0.05) is 32.6 Å². The molecule has 1 aliphatic heterocycles. The summed E-state index contributed by atoms with van der Waals surface area (Å²) in [7, 11) is 0. The molecule has 6 nitrogen and oxygen atoms in total. The van der Waals surface area contributed by atoms with Gasteiger partial charge in [-0.15, -0.1) is 11.3 Å². The smallest absolute Gasteiger partial charge is 0.262 e. The van der Waals surface area contributed by atoms with E-state index in [2.05, 4.69) is 5.32 Å². The van der Waals surface area contributed by atoms with Crippen molar-refractivity contribution in [3.63, 3.8) is 0 Å². The van der Waals surface area contributed by atoms with Gasteiger partial charge in [0.2, 0.25) is 11.8 Å². The third kappa shape index (κ3) is 6.19. The fourth-order valence-electron chi connectivity index (χ4n) is 4.27. The highest BCUT2D eigenvalue weighted by molar-refractivity contribution is 7.12. The SMILES string of the molecule is CCN(CC)C(=O)[C@@H](NC(=O)c1cccs1)C1CCN(C(=O)CCc2ccccc2)CC1. The normalized spacial score (nSPS) is 15.2. The molecule has 3 amide bonds. The Kier molecular flexibility index (Phi) is 8.85. The Morgan fingerprint density at radius 3 is 2.34 bits per heavy atom. The van der Waals surface area contributed by atoms with Crippen molar-refractivity contribution in [2.24, 2.45) is 5.92 Å². The number of likely N-dealkylation sites (tertiary alicyclic amines) is 1. The molecule has 1 saturated heterocycles. The van der Waals surface area contributed by atoms with E-state index < -0.39 is 6.04 Å². The van der Waals surface area contributed by atoms with Crippen LogP contribution in [0.4, 0.5) is 0 Å². The first-order valence-corrected chi connectivity index (χ1v) is 12.4. The number of benzene rings is 1. The van der Waals surface area contributed by atoms with Crippen molar-refractivity contribution in [1.82, 2.24) is 15.1 Å². The van der Waals surface area contributed by atoms with Crippen LogP contribution in [-0.4, -0.2) is 59.7 Å². The monoisotopic (exact) mass is 455 g/mol. The van der Waals surface area contributed by atoms with Gasteiger partial charge in [-0.1, -0.05) is 36.4 Å². The Labute approximate surface area is 194 Å². The number of rotatable bonds is 9. The quantitative estimate of drug-likeness (QED) is 0.628. The molecule has 1 N–H and O–H groups in total. The molecule has 1 atom stereocenters. The van der Waals surface area contributed by atoms with E-state index in [0.717, 1.165) is 12.0 Å². The molecule has 1 aromatic carbocycles. The van der Waals surface area contributed by atoms with Gasteiger partial charge in [-0.05, 0) is 56.0 Å². The molecule has 0 bridgehead atoms. The Bertz CT molecular complexity index is 873. The van der Waals surface area contributed by atoms with Crippen molar-refractivity contribution in [1.29, 1.82) is 0 Å². The molecule has 2 aromatic rings. The van der Waals surface area contributed by atoms with Crippen LogP contribution < -0.4 is 5.32 Å². The molecule has 7 heteroatoms. The second-order valence-electron chi connectivity index (χ2n) is 8.14. The first kappa shape index (κ1) is 24.0. The van der Waals surface area contributed by atoms with Crippen molar-refractivity contribution < 1.29 is 14.4 Å². The van der Waals surface area contributed by atoms with Gasteiger partial charge in [0.1, 0.15) is 6.04 Å². The van der Waals surface area contributed by atoms with Crippen LogP contribution in [-0.2, 0) is 16.0 Å². The number of nitrogens with zero attached hydrogens (tertiary/aromatic N) is 2. The molecule has 32 heavy (non-hydrogen) atoms. The van der Waals surface area contributed by atoms with Gasteiger partial charge in [-0.25, -0.2) is 0 Å². The number of nitrogens with one attached hydrogen (secondary N) is 1. The lowest BCUT2D eigenvalue weighted by Crippen LogP contribution is -2.54. The zero-order chi connectivity index (χ0) is 22.9. The summed E-state index contributed by atoms with van der Waals surface area (Å²) in [5.74, 6) is -0.0626. The zero-order valence-electron chi connectivity index (χ0n) is 19.0. The summed E-state index contributed by atoms with van der Waals surface area (Å²) in [6.45, 7) is 6.36. The van der Waals surface area contributed by atoms with Crippen molar-refractivity contribution in [2.45, 2.75) is 45.6 Å². The number of hydrogen-bond donors (Lipinski definition) is 1. The molecule has 172 valence electrons. The van der Waals surface area contributed by atoms with E-state index >= 15 is 0 Å². The third-order valence-corrected chi connectivity index (χ3v) is 7.08. The van der Waals surface area contributed by atoms with Gasteiger partial charge in [0.05, 0.1) is 4.88 Å². The average Bonchev–Trinajstić information content (AvgIpc) is 3.37. The lowest BCUT2D eigenvalue weighted by molar-refractivity contribution is -0.136. The first-order valence-electron chi connectivity index (χ1n) is 11.5. The van der Waals surface area contributed by atoms with Crippen molar-refractivity contribution in [2.75, 3.05) is 26.2 Å². The molecular formula is C25H33N3O3S. The van der Waals surface area contributed by atoms with E-state index in [1.807, 2.05) is 60.5 Å². The predicted molar refractivity (Wildman–Crippen MR) is 128 cm³/mol. The fraction of sp³-hybridized carbons (Fsp3) is 0.480. The molecule has 0 unspecified atom stereocenters. The van der Waals surface area contributed by atoms with Crippen molar-refractivity contribution >= 4 is 29.1 Å². The number of likely N-dealkylation sites (N-methyl/N-ethyl adjacent to an activating group) is 1. The van der Waals surface area contributed by atoms with E-state index in [4.69, 9.17) is 0 Å². The highest BCUT2D eigenvalue weighted by Crippen LogP contribution is 2.24. The minimum atomic E-state index is -0.564. The summed E-state index contributed by atoms with van der Waals surface area (Å²) in [5, 5.41) is 4.86. The maximum Gasteiger partial charge on any atom is 0.262 e. The van der Waals surface area contributed by atoms with E-state index in [9.17, 15) is 14.4 Å².